The maximum Gasteiger partial charge on any atom is 0.264 e. The van der Waals surface area contributed by atoms with Gasteiger partial charge in [0, 0.05) is 25.3 Å². The van der Waals surface area contributed by atoms with Crippen LogP contribution in [-0.2, 0) is 14.8 Å². The number of benzene rings is 3. The summed E-state index contributed by atoms with van der Waals surface area (Å²) in [6.45, 7) is 0.757. The Labute approximate surface area is 217 Å². The van der Waals surface area contributed by atoms with Gasteiger partial charge in [-0.1, -0.05) is 29.5 Å². The topological polar surface area (TPSA) is 79.8 Å². The quantitative estimate of drug-likeness (QED) is 0.319. The first-order valence-electron chi connectivity index (χ1n) is 11.6. The van der Waals surface area contributed by atoms with Gasteiger partial charge in [0.25, 0.3) is 15.9 Å². The van der Waals surface area contributed by atoms with Crippen LogP contribution < -0.4 is 9.21 Å². The molecule has 7 nitrogen and oxygen atoms in total. The highest BCUT2D eigenvalue weighted by molar-refractivity contribution is 7.92. The van der Waals surface area contributed by atoms with E-state index in [0.717, 1.165) is 30.2 Å². The molecule has 0 aliphatic carbocycles. The van der Waals surface area contributed by atoms with Gasteiger partial charge in [0.05, 0.1) is 27.9 Å². The summed E-state index contributed by atoms with van der Waals surface area (Å²) in [4.78, 5) is 19.3. The number of para-hydroxylation sites is 1. The fourth-order valence-electron chi connectivity index (χ4n) is 4.16. The van der Waals surface area contributed by atoms with Crippen LogP contribution in [0.3, 0.4) is 0 Å². The molecule has 1 atom stereocenters. The standard InChI is InChI=1S/C26H23F2N3O4S2/c1-30(19-6-3-2-4-7-19)37(33,34)21-11-9-17(10-12-21)25(32)31(16-20-8-5-13-35-20)26-29-24-22(28)14-18(27)15-23(24)36-26/h2-4,6-7,9-12,14-15,20H,5,8,13,16H2,1H3. The monoisotopic (exact) mass is 543 g/mol. The highest BCUT2D eigenvalue weighted by Crippen LogP contribution is 2.33. The van der Waals surface area contributed by atoms with Crippen LogP contribution in [-0.4, -0.2) is 45.6 Å². The normalized spacial score (nSPS) is 15.7. The maximum absolute atomic E-state index is 14.3. The van der Waals surface area contributed by atoms with Crippen molar-refractivity contribution in [2.75, 3.05) is 29.4 Å². The molecule has 0 N–H and O–H groups in total. The van der Waals surface area contributed by atoms with Crippen molar-refractivity contribution in [3.05, 3.63) is 83.9 Å². The van der Waals surface area contributed by atoms with Crippen molar-refractivity contribution in [3.8, 4) is 0 Å². The number of sulfonamides is 1. The molecule has 37 heavy (non-hydrogen) atoms. The Morgan fingerprint density at radius 1 is 1.11 bits per heavy atom. The number of hydrogen-bond donors (Lipinski definition) is 0. The third kappa shape index (κ3) is 5.07. The molecule has 0 spiro atoms. The van der Waals surface area contributed by atoms with Crippen LogP contribution in [0.15, 0.2) is 71.6 Å². The lowest BCUT2D eigenvalue weighted by molar-refractivity contribution is 0.0917. The van der Waals surface area contributed by atoms with E-state index in [1.54, 1.807) is 30.3 Å². The average molecular weight is 544 g/mol. The van der Waals surface area contributed by atoms with Gasteiger partial charge in [-0.3, -0.25) is 14.0 Å². The molecule has 4 aromatic rings. The number of rotatable bonds is 7. The van der Waals surface area contributed by atoms with Crippen LogP contribution in [0, 0.1) is 11.6 Å². The Hall–Kier alpha value is -3.41. The van der Waals surface area contributed by atoms with Gasteiger partial charge in [0.2, 0.25) is 0 Å². The highest BCUT2D eigenvalue weighted by Gasteiger charge is 2.28. The van der Waals surface area contributed by atoms with Gasteiger partial charge in [0.1, 0.15) is 11.3 Å². The maximum atomic E-state index is 14.3. The van der Waals surface area contributed by atoms with E-state index in [-0.39, 0.29) is 38.5 Å². The van der Waals surface area contributed by atoms with Crippen molar-refractivity contribution < 1.29 is 26.7 Å². The Morgan fingerprint density at radius 2 is 1.84 bits per heavy atom. The summed E-state index contributed by atoms with van der Waals surface area (Å²) >= 11 is 1.00. The molecule has 0 saturated carbocycles. The molecule has 5 rings (SSSR count). The number of amides is 1. The number of fused-ring (bicyclic) bond motifs is 1. The third-order valence-electron chi connectivity index (χ3n) is 6.17. The Bertz CT molecular complexity index is 1540. The Morgan fingerprint density at radius 3 is 2.51 bits per heavy atom. The number of halogens is 2. The van der Waals surface area contributed by atoms with E-state index in [0.29, 0.717) is 12.3 Å². The van der Waals surface area contributed by atoms with Crippen molar-refractivity contribution in [3.63, 3.8) is 0 Å². The van der Waals surface area contributed by atoms with Crippen molar-refractivity contribution in [2.45, 2.75) is 23.8 Å². The van der Waals surface area contributed by atoms with Crippen LogP contribution in [0.1, 0.15) is 23.2 Å². The summed E-state index contributed by atoms with van der Waals surface area (Å²) in [5, 5.41) is 0.209. The fourth-order valence-corrected chi connectivity index (χ4v) is 6.37. The Balaban J connectivity index is 1.46. The van der Waals surface area contributed by atoms with E-state index in [9.17, 15) is 22.0 Å². The molecule has 2 heterocycles. The fraction of sp³-hybridized carbons (Fsp3) is 0.231. The van der Waals surface area contributed by atoms with E-state index < -0.39 is 27.6 Å². The van der Waals surface area contributed by atoms with E-state index in [2.05, 4.69) is 4.98 Å². The van der Waals surface area contributed by atoms with E-state index in [4.69, 9.17) is 4.74 Å². The predicted octanol–water partition coefficient (Wildman–Crippen LogP) is 5.23. The second-order valence-electron chi connectivity index (χ2n) is 8.61. The smallest absolute Gasteiger partial charge is 0.264 e. The minimum atomic E-state index is -3.85. The van der Waals surface area contributed by atoms with Crippen LogP contribution in [0.5, 0.6) is 0 Å². The van der Waals surface area contributed by atoms with E-state index >= 15 is 0 Å². The molecule has 0 bridgehead atoms. The van der Waals surface area contributed by atoms with Crippen LogP contribution >= 0.6 is 11.3 Å². The molecule has 11 heteroatoms. The zero-order chi connectivity index (χ0) is 26.2. The van der Waals surface area contributed by atoms with Gasteiger partial charge in [-0.2, -0.15) is 0 Å². The van der Waals surface area contributed by atoms with E-state index in [1.165, 1.54) is 46.6 Å². The summed E-state index contributed by atoms with van der Waals surface area (Å²) in [7, 11) is -2.39. The largest absolute Gasteiger partial charge is 0.376 e. The molecule has 0 radical (unpaired) electrons. The molecule has 192 valence electrons. The third-order valence-corrected chi connectivity index (χ3v) is 8.99. The van der Waals surface area contributed by atoms with Gasteiger partial charge in [-0.25, -0.2) is 22.2 Å². The second kappa shape index (κ2) is 10.2. The molecule has 1 amide bonds. The molecule has 1 unspecified atom stereocenters. The number of aromatic nitrogens is 1. The molecule has 3 aromatic carbocycles. The zero-order valence-electron chi connectivity index (χ0n) is 19.8. The van der Waals surface area contributed by atoms with Crippen molar-refractivity contribution in [2.24, 2.45) is 0 Å². The molecule has 1 saturated heterocycles. The number of anilines is 2. The van der Waals surface area contributed by atoms with Crippen molar-refractivity contribution >= 4 is 48.3 Å². The number of nitrogens with zero attached hydrogens (tertiary/aromatic N) is 3. The first kappa shape index (κ1) is 25.2. The summed E-state index contributed by atoms with van der Waals surface area (Å²) in [5.74, 6) is -1.98. The minimum Gasteiger partial charge on any atom is -0.376 e. The number of carbonyl (C=O) groups is 1. The molecule has 1 aliphatic heterocycles. The first-order valence-corrected chi connectivity index (χ1v) is 13.8. The van der Waals surface area contributed by atoms with Gasteiger partial charge in [-0.15, -0.1) is 0 Å². The second-order valence-corrected chi connectivity index (χ2v) is 11.6. The minimum absolute atomic E-state index is 0.0167. The summed E-state index contributed by atoms with van der Waals surface area (Å²) in [5.41, 5.74) is 0.715. The van der Waals surface area contributed by atoms with Crippen LogP contribution in [0.2, 0.25) is 0 Å². The lowest BCUT2D eigenvalue weighted by Crippen LogP contribution is -2.37. The molecular formula is C26H23F2N3O4S2. The first-order chi connectivity index (χ1) is 17.7. The van der Waals surface area contributed by atoms with Gasteiger partial charge >= 0.3 is 0 Å². The number of carbonyl (C=O) groups excluding carboxylic acids is 1. The molecule has 1 fully saturated rings. The number of thiazole rings is 1. The van der Waals surface area contributed by atoms with Crippen molar-refractivity contribution in [1.29, 1.82) is 0 Å². The Kier molecular flexibility index (Phi) is 6.93. The molecule has 1 aromatic heterocycles. The summed E-state index contributed by atoms with van der Waals surface area (Å²) < 4.78 is 61.4. The molecular weight excluding hydrogens is 520 g/mol. The lowest BCUT2D eigenvalue weighted by atomic mass is 10.2. The van der Waals surface area contributed by atoms with Crippen LogP contribution in [0.4, 0.5) is 19.6 Å². The lowest BCUT2D eigenvalue weighted by Gasteiger charge is -2.23. The average Bonchev–Trinajstić information content (AvgIpc) is 3.57. The van der Waals surface area contributed by atoms with Gasteiger partial charge in [-0.05, 0) is 55.3 Å². The SMILES string of the molecule is CN(c1ccccc1)S(=O)(=O)c1ccc(C(=O)N(CC2CCCO2)c2nc3c(F)cc(F)cc3s2)cc1. The highest BCUT2D eigenvalue weighted by atomic mass is 32.2. The zero-order valence-corrected chi connectivity index (χ0v) is 21.4. The predicted molar refractivity (Wildman–Crippen MR) is 139 cm³/mol. The number of ether oxygens (including phenoxy) is 1. The van der Waals surface area contributed by atoms with Crippen molar-refractivity contribution in [1.82, 2.24) is 4.98 Å². The van der Waals surface area contributed by atoms with E-state index in [1.807, 2.05) is 0 Å². The molecule has 1 aliphatic rings. The van der Waals surface area contributed by atoms with Gasteiger partial charge in [0.15, 0.2) is 10.9 Å². The van der Waals surface area contributed by atoms with Crippen LogP contribution in [0.25, 0.3) is 10.2 Å². The number of hydrogen-bond acceptors (Lipinski definition) is 6. The summed E-state index contributed by atoms with van der Waals surface area (Å²) in [6.07, 6.45) is 1.38. The summed E-state index contributed by atoms with van der Waals surface area (Å²) in [6, 6.07) is 16.2. The van der Waals surface area contributed by atoms with Gasteiger partial charge < -0.3 is 4.74 Å².